The van der Waals surface area contributed by atoms with E-state index in [1.165, 1.54) is 0 Å². The molecule has 0 unspecified atom stereocenters. The molecule has 1 aliphatic rings. The number of benzene rings is 3. The predicted octanol–water partition coefficient (Wildman–Crippen LogP) is 4.94. The lowest BCUT2D eigenvalue weighted by Crippen LogP contribution is -2.48. The Morgan fingerprint density at radius 2 is 1.82 bits per heavy atom. The van der Waals surface area contributed by atoms with Crippen LogP contribution in [0.4, 0.5) is 0 Å². The molecule has 3 aromatic carbocycles. The van der Waals surface area contributed by atoms with E-state index in [9.17, 15) is 4.79 Å². The summed E-state index contributed by atoms with van der Waals surface area (Å²) >= 11 is 0. The van der Waals surface area contributed by atoms with Crippen molar-refractivity contribution in [1.29, 1.82) is 5.26 Å². The van der Waals surface area contributed by atoms with Crippen LogP contribution in [-0.2, 0) is 6.54 Å². The Balaban J connectivity index is 1.25. The Morgan fingerprint density at radius 1 is 1.00 bits per heavy atom. The smallest absolute Gasteiger partial charge is 0.253 e. The summed E-state index contributed by atoms with van der Waals surface area (Å²) in [5, 5.41) is 10.1. The molecule has 0 spiro atoms. The third kappa shape index (κ3) is 4.39. The van der Waals surface area contributed by atoms with Gasteiger partial charge in [0.2, 0.25) is 0 Å². The molecule has 5 rings (SSSR count). The van der Waals surface area contributed by atoms with E-state index >= 15 is 0 Å². The van der Waals surface area contributed by atoms with Gasteiger partial charge in [0, 0.05) is 42.7 Å². The number of ether oxygens (including phenoxy) is 1. The highest BCUT2D eigenvalue weighted by atomic mass is 16.5. The van der Waals surface area contributed by atoms with E-state index in [-0.39, 0.29) is 5.91 Å². The van der Waals surface area contributed by atoms with E-state index in [2.05, 4.69) is 35.2 Å². The van der Waals surface area contributed by atoms with Gasteiger partial charge < -0.3 is 14.1 Å². The van der Waals surface area contributed by atoms with Gasteiger partial charge in [-0.15, -0.1) is 0 Å². The van der Waals surface area contributed by atoms with E-state index in [4.69, 9.17) is 14.4 Å². The van der Waals surface area contributed by atoms with Crippen LogP contribution in [0.25, 0.3) is 22.1 Å². The van der Waals surface area contributed by atoms with E-state index in [1.54, 1.807) is 31.4 Å². The van der Waals surface area contributed by atoms with E-state index < -0.39 is 0 Å². The summed E-state index contributed by atoms with van der Waals surface area (Å²) in [6.07, 6.45) is 0. The van der Waals surface area contributed by atoms with Crippen LogP contribution in [0.3, 0.4) is 0 Å². The van der Waals surface area contributed by atoms with Gasteiger partial charge >= 0.3 is 0 Å². The zero-order valence-corrected chi connectivity index (χ0v) is 19.0. The molecule has 1 amide bonds. The second-order valence-electron chi connectivity index (χ2n) is 8.43. The number of nitrogens with zero attached hydrogens (tertiary/aromatic N) is 3. The lowest BCUT2D eigenvalue weighted by atomic mass is 10.0. The zero-order chi connectivity index (χ0) is 23.5. The fraction of sp³-hybridized carbons (Fsp3) is 0.214. The lowest BCUT2D eigenvalue weighted by Gasteiger charge is -2.34. The summed E-state index contributed by atoms with van der Waals surface area (Å²) in [5.41, 5.74) is 4.07. The molecule has 0 atom stereocenters. The third-order valence-electron chi connectivity index (χ3n) is 6.26. The van der Waals surface area contributed by atoms with Gasteiger partial charge in [0.15, 0.2) is 0 Å². The molecule has 0 aliphatic carbocycles. The lowest BCUT2D eigenvalue weighted by molar-refractivity contribution is 0.0621. The number of piperazine rings is 1. The Labute approximate surface area is 198 Å². The first-order chi connectivity index (χ1) is 16.6. The maximum Gasteiger partial charge on any atom is 0.253 e. The molecule has 1 fully saturated rings. The summed E-state index contributed by atoms with van der Waals surface area (Å²) < 4.78 is 11.6. The molecule has 1 saturated heterocycles. The van der Waals surface area contributed by atoms with Crippen LogP contribution in [0.2, 0.25) is 0 Å². The number of nitriles is 1. The Bertz CT molecular complexity index is 1380. The van der Waals surface area contributed by atoms with Crippen LogP contribution in [0.5, 0.6) is 5.75 Å². The number of carbonyl (C=O) groups excluding carboxylic acids is 1. The number of para-hydroxylation sites is 1. The van der Waals surface area contributed by atoms with Gasteiger partial charge in [0.1, 0.15) is 17.1 Å². The van der Waals surface area contributed by atoms with Crippen LogP contribution in [0.15, 0.2) is 77.2 Å². The van der Waals surface area contributed by atoms with E-state index in [1.807, 2.05) is 29.2 Å². The van der Waals surface area contributed by atoms with Crippen LogP contribution in [0.1, 0.15) is 21.7 Å². The number of carbonyl (C=O) groups is 1. The summed E-state index contributed by atoms with van der Waals surface area (Å²) in [6, 6.07) is 25.3. The van der Waals surface area contributed by atoms with Crippen LogP contribution < -0.4 is 4.74 Å². The van der Waals surface area contributed by atoms with Crippen molar-refractivity contribution in [3.05, 3.63) is 89.7 Å². The normalized spacial score (nSPS) is 14.2. The maximum absolute atomic E-state index is 12.8. The molecule has 1 aliphatic heterocycles. The first-order valence-corrected chi connectivity index (χ1v) is 11.3. The highest BCUT2D eigenvalue weighted by molar-refractivity contribution is 5.94. The van der Waals surface area contributed by atoms with Crippen molar-refractivity contribution in [2.75, 3.05) is 33.3 Å². The minimum Gasteiger partial charge on any atom is -0.496 e. The van der Waals surface area contributed by atoms with Gasteiger partial charge in [-0.2, -0.15) is 5.26 Å². The van der Waals surface area contributed by atoms with Gasteiger partial charge in [-0.3, -0.25) is 9.69 Å². The summed E-state index contributed by atoms with van der Waals surface area (Å²) in [6.45, 7) is 3.53. The van der Waals surface area contributed by atoms with Gasteiger partial charge in [-0.25, -0.2) is 0 Å². The van der Waals surface area contributed by atoms with Crippen molar-refractivity contribution in [2.24, 2.45) is 0 Å². The fourth-order valence-electron chi connectivity index (χ4n) is 4.46. The summed E-state index contributed by atoms with van der Waals surface area (Å²) in [7, 11) is 1.68. The second kappa shape index (κ2) is 9.42. The van der Waals surface area contributed by atoms with Crippen LogP contribution in [0, 0.1) is 11.3 Å². The van der Waals surface area contributed by atoms with Crippen molar-refractivity contribution in [3.63, 3.8) is 0 Å². The minimum absolute atomic E-state index is 0.0237. The predicted molar refractivity (Wildman–Crippen MR) is 131 cm³/mol. The number of rotatable bonds is 5. The first kappa shape index (κ1) is 21.7. The quantitative estimate of drug-likeness (QED) is 0.430. The number of fused-ring (bicyclic) bond motifs is 1. The summed E-state index contributed by atoms with van der Waals surface area (Å²) in [4.78, 5) is 17.0. The molecule has 6 heteroatoms. The summed E-state index contributed by atoms with van der Waals surface area (Å²) in [5.74, 6) is 1.73. The molecule has 2 heterocycles. The highest BCUT2D eigenvalue weighted by Crippen LogP contribution is 2.32. The number of methoxy groups -OCH3 is 1. The molecule has 1 aromatic heterocycles. The van der Waals surface area contributed by atoms with Crippen LogP contribution in [-0.4, -0.2) is 49.0 Å². The number of amides is 1. The Hall–Kier alpha value is -4.08. The van der Waals surface area contributed by atoms with E-state index in [0.29, 0.717) is 30.8 Å². The SMILES string of the molecule is COc1ccccc1-c1ccc2oc(CN3CCN(C(=O)c4cccc(C#N)c4)CC3)cc2c1. The molecule has 0 N–H and O–H groups in total. The number of hydrogen-bond acceptors (Lipinski definition) is 5. The number of furan rings is 1. The van der Waals surface area contributed by atoms with Gasteiger partial charge in [-0.1, -0.05) is 30.3 Å². The minimum atomic E-state index is -0.0237. The molecule has 0 saturated carbocycles. The monoisotopic (exact) mass is 451 g/mol. The number of hydrogen-bond donors (Lipinski definition) is 0. The topological polar surface area (TPSA) is 69.7 Å². The molecule has 170 valence electrons. The van der Waals surface area contributed by atoms with E-state index in [0.717, 1.165) is 46.7 Å². The molecule has 6 nitrogen and oxygen atoms in total. The third-order valence-corrected chi connectivity index (χ3v) is 6.26. The molecule has 0 bridgehead atoms. The van der Waals surface area contributed by atoms with Crippen molar-refractivity contribution >= 4 is 16.9 Å². The molecule has 4 aromatic rings. The van der Waals surface area contributed by atoms with Crippen molar-refractivity contribution in [2.45, 2.75) is 6.54 Å². The van der Waals surface area contributed by atoms with Gasteiger partial charge in [0.25, 0.3) is 5.91 Å². The zero-order valence-electron chi connectivity index (χ0n) is 19.0. The fourth-order valence-corrected chi connectivity index (χ4v) is 4.46. The second-order valence-corrected chi connectivity index (χ2v) is 8.43. The standard InChI is InChI=1S/C28H25N3O3/c1-33-27-8-3-2-7-25(27)21-9-10-26-23(16-21)17-24(34-26)19-30-11-13-31(14-12-30)28(32)22-6-4-5-20(15-22)18-29/h2-10,15-17H,11-14,19H2,1H3. The average Bonchev–Trinajstić information content (AvgIpc) is 3.30. The van der Waals surface area contributed by atoms with Crippen molar-refractivity contribution in [3.8, 4) is 22.9 Å². The van der Waals surface area contributed by atoms with Gasteiger partial charge in [0.05, 0.1) is 25.3 Å². The van der Waals surface area contributed by atoms with Crippen molar-refractivity contribution < 1.29 is 13.9 Å². The van der Waals surface area contributed by atoms with Crippen LogP contribution >= 0.6 is 0 Å². The van der Waals surface area contributed by atoms with Gasteiger partial charge in [-0.05, 0) is 48.0 Å². The average molecular weight is 452 g/mol. The maximum atomic E-state index is 12.8. The highest BCUT2D eigenvalue weighted by Gasteiger charge is 2.23. The Kier molecular flexibility index (Phi) is 6.03. The largest absolute Gasteiger partial charge is 0.496 e. The Morgan fingerprint density at radius 3 is 2.62 bits per heavy atom. The first-order valence-electron chi connectivity index (χ1n) is 11.3. The molecular weight excluding hydrogens is 426 g/mol. The molecule has 34 heavy (non-hydrogen) atoms. The van der Waals surface area contributed by atoms with Crippen molar-refractivity contribution in [1.82, 2.24) is 9.80 Å². The molecular formula is C28H25N3O3. The molecule has 0 radical (unpaired) electrons.